The Kier molecular flexibility index (Phi) is 7.09. The number of rotatable bonds is 5. The minimum atomic E-state index is -4.56. The number of dihydropyridines is 1. The Hall–Kier alpha value is -3.90. The Morgan fingerprint density at radius 1 is 1.13 bits per heavy atom. The number of allylic oxidation sites excluding steroid dienone is 1. The number of carbonyl (C=O) groups excluding carboxylic acids is 1. The van der Waals surface area contributed by atoms with E-state index in [-0.39, 0.29) is 11.6 Å². The molecular formula is C26H29F3N8O. The highest BCUT2D eigenvalue weighted by Crippen LogP contribution is 2.30. The second-order valence-corrected chi connectivity index (χ2v) is 9.56. The molecule has 0 saturated carbocycles. The molecule has 1 fully saturated rings. The Morgan fingerprint density at radius 3 is 2.68 bits per heavy atom. The molecule has 1 unspecified atom stereocenters. The summed E-state index contributed by atoms with van der Waals surface area (Å²) in [4.78, 5) is 25.7. The maximum Gasteiger partial charge on any atom is 0.416 e. The van der Waals surface area contributed by atoms with Gasteiger partial charge in [0, 0.05) is 56.4 Å². The van der Waals surface area contributed by atoms with E-state index in [1.54, 1.807) is 12.1 Å². The average Bonchev–Trinajstić information content (AvgIpc) is 3.40. The Balaban J connectivity index is 1.30. The second-order valence-electron chi connectivity index (χ2n) is 9.56. The van der Waals surface area contributed by atoms with Crippen LogP contribution in [0.15, 0.2) is 65.2 Å². The number of anilines is 2. The number of amides is 1. The summed E-state index contributed by atoms with van der Waals surface area (Å²) in [6, 6.07) is 6.84. The maximum absolute atomic E-state index is 13.0. The number of benzene rings is 1. The third-order valence-corrected chi connectivity index (χ3v) is 6.80. The van der Waals surface area contributed by atoms with Gasteiger partial charge in [-0.3, -0.25) is 19.8 Å². The van der Waals surface area contributed by atoms with Gasteiger partial charge in [-0.05, 0) is 49.9 Å². The molecule has 1 aromatic carbocycles. The maximum atomic E-state index is 13.0. The van der Waals surface area contributed by atoms with Crippen LogP contribution in [0.2, 0.25) is 0 Å². The van der Waals surface area contributed by atoms with E-state index in [9.17, 15) is 18.0 Å². The molecule has 0 radical (unpaired) electrons. The number of pyridine rings is 1. The van der Waals surface area contributed by atoms with E-state index in [0.29, 0.717) is 12.2 Å². The van der Waals surface area contributed by atoms with E-state index in [4.69, 9.17) is 0 Å². The molecule has 200 valence electrons. The van der Waals surface area contributed by atoms with E-state index in [2.05, 4.69) is 49.2 Å². The summed E-state index contributed by atoms with van der Waals surface area (Å²) in [6.45, 7) is 6.52. The number of aryl methyl sites for hydroxylation is 1. The van der Waals surface area contributed by atoms with E-state index in [1.165, 1.54) is 0 Å². The summed E-state index contributed by atoms with van der Waals surface area (Å²) < 4.78 is 39.1. The van der Waals surface area contributed by atoms with Crippen molar-refractivity contribution in [1.82, 2.24) is 25.7 Å². The summed E-state index contributed by atoms with van der Waals surface area (Å²) in [5.74, 6) is -0.654. The summed E-state index contributed by atoms with van der Waals surface area (Å²) >= 11 is 0. The number of hydrazine groups is 2. The van der Waals surface area contributed by atoms with Crippen LogP contribution in [0, 0.1) is 12.8 Å². The fraction of sp³-hybridized carbons (Fsp3) is 0.346. The Labute approximate surface area is 218 Å². The molecule has 0 spiro atoms. The lowest BCUT2D eigenvalue weighted by molar-refractivity contribution is -0.137. The quantitative estimate of drug-likeness (QED) is 0.552. The van der Waals surface area contributed by atoms with Gasteiger partial charge in [-0.25, -0.2) is 0 Å². The largest absolute Gasteiger partial charge is 0.416 e. The van der Waals surface area contributed by atoms with Crippen molar-refractivity contribution in [3.8, 4) is 0 Å². The first-order valence-corrected chi connectivity index (χ1v) is 12.3. The van der Waals surface area contributed by atoms with Gasteiger partial charge in [0.25, 0.3) is 5.91 Å². The van der Waals surface area contributed by atoms with Gasteiger partial charge in [0.2, 0.25) is 0 Å². The highest BCUT2D eigenvalue weighted by atomic mass is 19.4. The van der Waals surface area contributed by atoms with Crippen molar-refractivity contribution < 1.29 is 18.0 Å². The summed E-state index contributed by atoms with van der Waals surface area (Å²) in [5, 5.41) is 4.46. The second kappa shape index (κ2) is 10.5. The number of likely N-dealkylation sites (N-methyl/N-ethyl adjacent to an activating group) is 1. The number of hydrogen-bond donors (Lipinski definition) is 3. The number of aromatic nitrogens is 1. The molecule has 0 bridgehead atoms. The van der Waals surface area contributed by atoms with E-state index in [0.717, 1.165) is 67.2 Å². The topological polar surface area (TPSA) is 88.1 Å². The van der Waals surface area contributed by atoms with Crippen LogP contribution in [0.5, 0.6) is 0 Å². The normalized spacial score (nSPS) is 20.2. The lowest BCUT2D eigenvalue weighted by Crippen LogP contribution is -2.44. The predicted octanol–water partition coefficient (Wildman–Crippen LogP) is 3.16. The van der Waals surface area contributed by atoms with Crippen molar-refractivity contribution >= 4 is 23.5 Å². The molecule has 9 nitrogen and oxygen atoms in total. The predicted molar refractivity (Wildman–Crippen MR) is 139 cm³/mol. The number of piperazine rings is 1. The number of aliphatic imine (C=N–C) groups is 1. The van der Waals surface area contributed by atoms with Crippen LogP contribution >= 0.6 is 0 Å². The molecule has 4 heterocycles. The molecule has 1 aromatic heterocycles. The Bertz CT molecular complexity index is 1300. The van der Waals surface area contributed by atoms with Gasteiger partial charge in [0.1, 0.15) is 5.69 Å². The molecule has 3 aliphatic heterocycles. The van der Waals surface area contributed by atoms with Crippen LogP contribution in [0.3, 0.4) is 0 Å². The van der Waals surface area contributed by atoms with Gasteiger partial charge in [0.05, 0.1) is 29.2 Å². The zero-order valence-electron chi connectivity index (χ0n) is 21.1. The van der Waals surface area contributed by atoms with Crippen LogP contribution in [0.25, 0.3) is 0 Å². The first-order chi connectivity index (χ1) is 18.2. The summed E-state index contributed by atoms with van der Waals surface area (Å²) in [5.41, 5.74) is 9.33. The smallest absolute Gasteiger partial charge is 0.368 e. The van der Waals surface area contributed by atoms with Crippen molar-refractivity contribution in [3.05, 3.63) is 77.0 Å². The standard InChI is InChI=1S/C26H29F3N8O/c1-17-3-4-20(32-25(38)22-12-19(5-6-31-22)26(27,28)29)13-24(17)37-16-23(33-34-37)18-11-21(15-30-14-18)36-9-7-35(2)8-10-36/h3-6,11-13,15-16,18,33-34H,7-10,14H2,1-2H3,(H,32,38). The molecule has 38 heavy (non-hydrogen) atoms. The summed E-state index contributed by atoms with van der Waals surface area (Å²) in [7, 11) is 2.13. The number of nitrogens with one attached hydrogen (secondary N) is 3. The van der Waals surface area contributed by atoms with Gasteiger partial charge in [-0.1, -0.05) is 6.07 Å². The molecule has 5 rings (SSSR count). The molecule has 3 aliphatic rings. The van der Waals surface area contributed by atoms with Gasteiger partial charge in [0.15, 0.2) is 0 Å². The van der Waals surface area contributed by atoms with Crippen molar-refractivity contribution in [2.75, 3.05) is 50.1 Å². The fourth-order valence-electron chi connectivity index (χ4n) is 4.52. The number of hydrogen-bond acceptors (Lipinski definition) is 8. The van der Waals surface area contributed by atoms with Crippen LogP contribution in [0.4, 0.5) is 24.5 Å². The zero-order valence-corrected chi connectivity index (χ0v) is 21.1. The van der Waals surface area contributed by atoms with Crippen LogP contribution in [-0.2, 0) is 6.18 Å². The molecule has 3 N–H and O–H groups in total. The summed E-state index contributed by atoms with van der Waals surface area (Å²) in [6.07, 6.45) is 2.54. The number of alkyl halides is 3. The third-order valence-electron chi connectivity index (χ3n) is 6.80. The highest BCUT2D eigenvalue weighted by Gasteiger charge is 2.31. The highest BCUT2D eigenvalue weighted by molar-refractivity contribution is 6.03. The number of carbonyl (C=O) groups is 1. The monoisotopic (exact) mass is 526 g/mol. The van der Waals surface area contributed by atoms with E-state index in [1.807, 2.05) is 30.4 Å². The third kappa shape index (κ3) is 5.65. The number of halogens is 3. The molecule has 12 heteroatoms. The van der Waals surface area contributed by atoms with E-state index < -0.39 is 17.6 Å². The van der Waals surface area contributed by atoms with Gasteiger partial charge >= 0.3 is 6.18 Å². The SMILES string of the molecule is Cc1ccc(NC(=O)c2cc(C(F)(F)F)ccn2)cc1N1C=C(C2C=C(N3CCN(C)CC3)C=NC2)NN1. The molecule has 2 aromatic rings. The number of nitrogens with zero attached hydrogens (tertiary/aromatic N) is 5. The van der Waals surface area contributed by atoms with Gasteiger partial charge < -0.3 is 20.5 Å². The van der Waals surface area contributed by atoms with Crippen molar-refractivity contribution in [2.24, 2.45) is 10.9 Å². The van der Waals surface area contributed by atoms with Gasteiger partial charge in [-0.2, -0.15) is 13.2 Å². The molecule has 1 saturated heterocycles. The van der Waals surface area contributed by atoms with Crippen LogP contribution in [-0.4, -0.2) is 66.7 Å². The molecule has 1 amide bonds. The van der Waals surface area contributed by atoms with Crippen LogP contribution in [0.1, 0.15) is 21.6 Å². The Morgan fingerprint density at radius 2 is 1.92 bits per heavy atom. The lowest BCUT2D eigenvalue weighted by Gasteiger charge is -2.35. The van der Waals surface area contributed by atoms with Gasteiger partial charge in [-0.15, -0.1) is 5.53 Å². The van der Waals surface area contributed by atoms with Crippen molar-refractivity contribution in [2.45, 2.75) is 13.1 Å². The minimum Gasteiger partial charge on any atom is -0.368 e. The lowest BCUT2D eigenvalue weighted by atomic mass is 10.0. The average molecular weight is 527 g/mol. The van der Waals surface area contributed by atoms with Crippen molar-refractivity contribution in [1.29, 1.82) is 0 Å². The first kappa shape index (κ1) is 25.7. The van der Waals surface area contributed by atoms with Crippen LogP contribution < -0.4 is 21.3 Å². The fourth-order valence-corrected chi connectivity index (χ4v) is 4.52. The van der Waals surface area contributed by atoms with E-state index >= 15 is 0 Å². The molecule has 0 aliphatic carbocycles. The first-order valence-electron chi connectivity index (χ1n) is 12.3. The van der Waals surface area contributed by atoms with Crippen molar-refractivity contribution in [3.63, 3.8) is 0 Å². The minimum absolute atomic E-state index is 0.0716. The molecule has 1 atom stereocenters. The zero-order chi connectivity index (χ0) is 26.9. The molecular weight excluding hydrogens is 497 g/mol.